The van der Waals surface area contributed by atoms with Crippen molar-refractivity contribution in [2.45, 2.75) is 68.7 Å². The zero-order chi connectivity index (χ0) is 18.6. The number of rotatable bonds is 6. The summed E-state index contributed by atoms with van der Waals surface area (Å²) in [7, 11) is 0. The molecule has 0 bridgehead atoms. The topological polar surface area (TPSA) is 55.3 Å². The first-order valence-corrected chi connectivity index (χ1v) is 8.84. The zero-order valence-electron chi connectivity index (χ0n) is 17.2. The Balaban J connectivity index is -0.000000149. The molecule has 0 fully saturated rings. The van der Waals surface area contributed by atoms with Crippen molar-refractivity contribution in [2.75, 3.05) is 32.7 Å². The predicted molar refractivity (Wildman–Crippen MR) is 106 cm³/mol. The first kappa shape index (κ1) is 29.6. The summed E-state index contributed by atoms with van der Waals surface area (Å²) in [6.07, 6.45) is 2.95. The summed E-state index contributed by atoms with van der Waals surface area (Å²) in [5.41, 5.74) is 11.4. The molecule has 22 heavy (non-hydrogen) atoms. The van der Waals surface area contributed by atoms with Gasteiger partial charge in [0, 0.05) is 26.2 Å². The lowest BCUT2D eigenvalue weighted by atomic mass is 9.92. The van der Waals surface area contributed by atoms with Crippen LogP contribution in [0.1, 0.15) is 68.7 Å². The molecule has 0 aliphatic carbocycles. The molecule has 0 aromatic carbocycles. The summed E-state index contributed by atoms with van der Waals surface area (Å²) in [5, 5.41) is 0. The highest BCUT2D eigenvalue weighted by Gasteiger charge is 2.12. The third-order valence-electron chi connectivity index (χ3n) is 2.07. The molecule has 0 aliphatic rings. The monoisotopic (exact) mass is 317 g/mol. The second kappa shape index (κ2) is 22.9. The van der Waals surface area contributed by atoms with Gasteiger partial charge < -0.3 is 16.4 Å². The van der Waals surface area contributed by atoms with Gasteiger partial charge in [-0.3, -0.25) is 0 Å². The normalized spacial score (nSPS) is 9.86. The van der Waals surface area contributed by atoms with Crippen LogP contribution in [0.15, 0.2) is 12.7 Å². The molecule has 0 saturated heterocycles. The minimum absolute atomic E-state index is 0.404. The highest BCUT2D eigenvalue weighted by Crippen LogP contribution is 2.18. The van der Waals surface area contributed by atoms with Crippen molar-refractivity contribution < 1.29 is 0 Å². The summed E-state index contributed by atoms with van der Waals surface area (Å²) < 4.78 is 0. The minimum Gasteiger partial charge on any atom is -0.329 e. The largest absolute Gasteiger partial charge is 0.329 e. The predicted octanol–water partition coefficient (Wildman–Crippen LogP) is 4.52. The molecular weight excluding hydrogens is 270 g/mol. The van der Waals surface area contributed by atoms with E-state index in [0.29, 0.717) is 5.41 Å². The summed E-state index contributed by atoms with van der Waals surface area (Å²) in [5.74, 6) is 0.833. The Labute approximate surface area is 142 Å². The van der Waals surface area contributed by atoms with E-state index in [1.54, 1.807) is 6.08 Å². The van der Waals surface area contributed by atoms with Gasteiger partial charge in [-0.25, -0.2) is 0 Å². The fraction of sp³-hybridized carbons (Fsp3) is 0.895. The maximum absolute atomic E-state index is 5.52. The van der Waals surface area contributed by atoms with Gasteiger partial charge in [-0.2, -0.15) is 0 Å². The Hall–Kier alpha value is -0.380. The SMILES string of the molecule is C=CC.CC.CC(C)(C)CCN(CCN)CCN.CC(C)C. The third kappa shape index (κ3) is 50.4. The number of nitrogens with zero attached hydrogens (tertiary/aromatic N) is 1. The lowest BCUT2D eigenvalue weighted by Crippen LogP contribution is -2.35. The van der Waals surface area contributed by atoms with Crippen LogP contribution in [-0.4, -0.2) is 37.6 Å². The minimum atomic E-state index is 0.404. The van der Waals surface area contributed by atoms with Gasteiger partial charge in [0.05, 0.1) is 0 Å². The molecule has 138 valence electrons. The third-order valence-corrected chi connectivity index (χ3v) is 2.07. The summed E-state index contributed by atoms with van der Waals surface area (Å²) >= 11 is 0. The van der Waals surface area contributed by atoms with Crippen LogP contribution in [0.5, 0.6) is 0 Å². The Kier molecular flexibility index (Phi) is 30.8. The molecule has 0 saturated carbocycles. The lowest BCUT2D eigenvalue weighted by molar-refractivity contribution is 0.237. The second-order valence-electron chi connectivity index (χ2n) is 6.87. The van der Waals surface area contributed by atoms with E-state index < -0.39 is 0 Å². The van der Waals surface area contributed by atoms with Crippen LogP contribution in [0.3, 0.4) is 0 Å². The molecule has 0 atom stereocenters. The number of hydrogen-bond donors (Lipinski definition) is 2. The Morgan fingerprint density at radius 1 is 0.955 bits per heavy atom. The molecule has 0 aromatic rings. The Morgan fingerprint density at radius 2 is 1.23 bits per heavy atom. The molecule has 3 nitrogen and oxygen atoms in total. The van der Waals surface area contributed by atoms with Crippen LogP contribution >= 0.6 is 0 Å². The van der Waals surface area contributed by atoms with Crippen LogP contribution in [0.2, 0.25) is 0 Å². The van der Waals surface area contributed by atoms with E-state index >= 15 is 0 Å². The standard InChI is InChI=1S/C10H25N3.C4H10.C3H6.C2H6/c1-10(2,3)4-7-13(8-5-11)9-6-12;1-4(2)3;1-3-2;1-2/h4-9,11-12H2,1-3H3;4H,1-3H3;3H,1H2,2H3;1-2H3. The van der Waals surface area contributed by atoms with E-state index in [9.17, 15) is 0 Å². The summed E-state index contributed by atoms with van der Waals surface area (Å²) in [6, 6.07) is 0. The fourth-order valence-electron chi connectivity index (χ4n) is 1.19. The molecule has 0 spiro atoms. The molecule has 4 N–H and O–H groups in total. The summed E-state index contributed by atoms with van der Waals surface area (Å²) in [4.78, 5) is 2.34. The van der Waals surface area contributed by atoms with E-state index in [2.05, 4.69) is 53.0 Å². The van der Waals surface area contributed by atoms with E-state index in [-0.39, 0.29) is 0 Å². The lowest BCUT2D eigenvalue weighted by Gasteiger charge is -2.25. The quantitative estimate of drug-likeness (QED) is 0.708. The highest BCUT2D eigenvalue weighted by molar-refractivity contribution is 4.66. The van der Waals surface area contributed by atoms with Crippen LogP contribution in [0.4, 0.5) is 0 Å². The second-order valence-corrected chi connectivity index (χ2v) is 6.87. The summed E-state index contributed by atoms with van der Waals surface area (Å²) in [6.45, 7) is 27.0. The van der Waals surface area contributed by atoms with Gasteiger partial charge in [0.15, 0.2) is 0 Å². The molecule has 0 aromatic heterocycles. The van der Waals surface area contributed by atoms with Gasteiger partial charge in [0.25, 0.3) is 0 Å². The van der Waals surface area contributed by atoms with Crippen LogP contribution < -0.4 is 11.5 Å². The number of hydrogen-bond acceptors (Lipinski definition) is 3. The van der Waals surface area contributed by atoms with E-state index in [0.717, 1.165) is 38.6 Å². The van der Waals surface area contributed by atoms with Gasteiger partial charge in [0.2, 0.25) is 0 Å². The number of nitrogens with two attached hydrogens (primary N) is 2. The van der Waals surface area contributed by atoms with Crippen molar-refractivity contribution in [2.24, 2.45) is 22.8 Å². The van der Waals surface area contributed by atoms with Crippen molar-refractivity contribution >= 4 is 0 Å². The van der Waals surface area contributed by atoms with Gasteiger partial charge >= 0.3 is 0 Å². The van der Waals surface area contributed by atoms with Crippen LogP contribution in [0.25, 0.3) is 0 Å². The molecule has 0 rings (SSSR count). The van der Waals surface area contributed by atoms with Crippen molar-refractivity contribution in [1.29, 1.82) is 0 Å². The maximum atomic E-state index is 5.52. The Morgan fingerprint density at radius 3 is 1.41 bits per heavy atom. The van der Waals surface area contributed by atoms with Crippen molar-refractivity contribution in [3.8, 4) is 0 Å². The van der Waals surface area contributed by atoms with Gasteiger partial charge in [-0.05, 0) is 31.2 Å². The molecule has 0 radical (unpaired) electrons. The van der Waals surface area contributed by atoms with Crippen molar-refractivity contribution in [3.63, 3.8) is 0 Å². The van der Waals surface area contributed by atoms with E-state index in [4.69, 9.17) is 11.5 Å². The fourth-order valence-corrected chi connectivity index (χ4v) is 1.19. The smallest absolute Gasteiger partial charge is 0.0105 e. The first-order chi connectivity index (χ1) is 10.1. The molecule has 3 heteroatoms. The van der Waals surface area contributed by atoms with Crippen molar-refractivity contribution in [1.82, 2.24) is 4.90 Å². The van der Waals surface area contributed by atoms with Crippen LogP contribution in [-0.2, 0) is 0 Å². The molecular formula is C19H47N3. The van der Waals surface area contributed by atoms with Gasteiger partial charge in [-0.1, -0.05) is 61.5 Å². The van der Waals surface area contributed by atoms with E-state index in [1.165, 1.54) is 6.42 Å². The molecule has 0 aliphatic heterocycles. The maximum Gasteiger partial charge on any atom is 0.0105 e. The molecule has 0 unspecified atom stereocenters. The molecule has 0 amide bonds. The van der Waals surface area contributed by atoms with E-state index in [1.807, 2.05) is 20.8 Å². The number of allylic oxidation sites excluding steroid dienone is 1. The van der Waals surface area contributed by atoms with Crippen molar-refractivity contribution in [3.05, 3.63) is 12.7 Å². The van der Waals surface area contributed by atoms with Gasteiger partial charge in [0.1, 0.15) is 0 Å². The average molecular weight is 318 g/mol. The average Bonchev–Trinajstić information content (AvgIpc) is 2.38. The zero-order valence-corrected chi connectivity index (χ0v) is 17.2. The van der Waals surface area contributed by atoms with Crippen LogP contribution in [0, 0.1) is 11.3 Å². The molecule has 0 heterocycles. The van der Waals surface area contributed by atoms with Gasteiger partial charge in [-0.15, -0.1) is 6.58 Å². The highest BCUT2D eigenvalue weighted by atomic mass is 15.1. The first-order valence-electron chi connectivity index (χ1n) is 8.84. The Bertz CT molecular complexity index is 175.